The Balaban J connectivity index is 1.42. The van der Waals surface area contributed by atoms with Crippen molar-refractivity contribution in [3.05, 3.63) is 24.0 Å². The van der Waals surface area contributed by atoms with E-state index in [1.165, 1.54) is 24.9 Å². The predicted octanol–water partition coefficient (Wildman–Crippen LogP) is 0.146. The van der Waals surface area contributed by atoms with Crippen LogP contribution in [0.1, 0.15) is 29.6 Å². The van der Waals surface area contributed by atoms with Crippen LogP contribution in [0.25, 0.3) is 0 Å². The molecule has 3 aliphatic rings. The van der Waals surface area contributed by atoms with Crippen molar-refractivity contribution in [1.29, 1.82) is 0 Å². The smallest absolute Gasteiger partial charge is 0.313 e. The van der Waals surface area contributed by atoms with Crippen molar-refractivity contribution in [3.63, 3.8) is 0 Å². The van der Waals surface area contributed by atoms with Gasteiger partial charge in [0.25, 0.3) is 0 Å². The van der Waals surface area contributed by atoms with Gasteiger partial charge < -0.3 is 20.7 Å². The molecule has 3 amide bonds. The molecule has 2 aliphatic heterocycles. The second-order valence-electron chi connectivity index (χ2n) is 7.09. The number of anilines is 1. The number of nitrogens with one attached hydrogen (secondary N) is 1. The van der Waals surface area contributed by atoms with Crippen molar-refractivity contribution in [3.8, 4) is 0 Å². The maximum Gasteiger partial charge on any atom is 0.313 e. The first-order valence-corrected chi connectivity index (χ1v) is 8.47. The van der Waals surface area contributed by atoms with Gasteiger partial charge in [-0.15, -0.1) is 0 Å². The molecule has 0 aromatic carbocycles. The third kappa shape index (κ3) is 2.86. The van der Waals surface area contributed by atoms with Crippen LogP contribution in [0, 0.1) is 11.8 Å². The zero-order valence-corrected chi connectivity index (χ0v) is 13.7. The molecular formula is C17H20N4O4. The van der Waals surface area contributed by atoms with E-state index in [0.717, 1.165) is 19.4 Å². The van der Waals surface area contributed by atoms with Crippen molar-refractivity contribution in [2.75, 3.05) is 25.0 Å². The van der Waals surface area contributed by atoms with E-state index in [2.05, 4.69) is 10.3 Å². The highest BCUT2D eigenvalue weighted by molar-refractivity contribution is 6.39. The van der Waals surface area contributed by atoms with E-state index in [0.29, 0.717) is 24.9 Å². The quantitative estimate of drug-likeness (QED) is 0.741. The number of nitrogens with zero attached hydrogens (tertiary/aromatic N) is 2. The number of primary amides is 1. The molecule has 8 nitrogen and oxygen atoms in total. The fraction of sp³-hybridized carbons (Fsp3) is 0.529. The van der Waals surface area contributed by atoms with E-state index in [-0.39, 0.29) is 16.9 Å². The van der Waals surface area contributed by atoms with Crippen molar-refractivity contribution in [2.45, 2.75) is 24.9 Å². The van der Waals surface area contributed by atoms with Crippen LogP contribution in [-0.2, 0) is 14.3 Å². The summed E-state index contributed by atoms with van der Waals surface area (Å²) in [6.07, 6.45) is 5.62. The van der Waals surface area contributed by atoms with Crippen LogP contribution in [-0.4, -0.2) is 52.9 Å². The topological polar surface area (TPSA) is 115 Å². The Morgan fingerprint density at radius 3 is 2.88 bits per heavy atom. The maximum absolute atomic E-state index is 12.5. The number of likely N-dealkylation sites (tertiary alicyclic amines) is 1. The van der Waals surface area contributed by atoms with Crippen LogP contribution in [0.15, 0.2) is 18.5 Å². The average Bonchev–Trinajstić information content (AvgIpc) is 3.34. The molecule has 132 valence electrons. The molecule has 0 bridgehead atoms. The van der Waals surface area contributed by atoms with E-state index in [9.17, 15) is 14.4 Å². The SMILES string of the molecule is NC(=O)c1cncc(NC(=O)C(=O)N2CCCC3(C2)OC[C@@H]2C[C@@H]23)c1. The Kier molecular flexibility index (Phi) is 3.72. The number of pyridine rings is 1. The van der Waals surface area contributed by atoms with Gasteiger partial charge in [-0.3, -0.25) is 19.4 Å². The Labute approximate surface area is 144 Å². The van der Waals surface area contributed by atoms with Gasteiger partial charge in [-0.1, -0.05) is 0 Å². The molecule has 3 fully saturated rings. The second kappa shape index (κ2) is 5.80. The summed E-state index contributed by atoms with van der Waals surface area (Å²) < 4.78 is 5.98. The summed E-state index contributed by atoms with van der Waals surface area (Å²) in [6, 6.07) is 1.40. The van der Waals surface area contributed by atoms with Crippen LogP contribution in [0.2, 0.25) is 0 Å². The number of nitrogens with two attached hydrogens (primary N) is 1. The lowest BCUT2D eigenvalue weighted by molar-refractivity contribution is -0.149. The van der Waals surface area contributed by atoms with Crippen LogP contribution in [0.5, 0.6) is 0 Å². The third-order valence-electron chi connectivity index (χ3n) is 5.43. The maximum atomic E-state index is 12.5. The number of aromatic nitrogens is 1. The van der Waals surface area contributed by atoms with Gasteiger partial charge in [0.05, 0.1) is 36.2 Å². The van der Waals surface area contributed by atoms with Crippen molar-refractivity contribution in [2.24, 2.45) is 17.6 Å². The summed E-state index contributed by atoms with van der Waals surface area (Å²) in [5, 5.41) is 2.49. The summed E-state index contributed by atoms with van der Waals surface area (Å²) in [5.41, 5.74) is 5.37. The first-order valence-electron chi connectivity index (χ1n) is 8.47. The molecule has 3 atom stereocenters. The van der Waals surface area contributed by atoms with Crippen molar-refractivity contribution < 1.29 is 19.1 Å². The monoisotopic (exact) mass is 344 g/mol. The minimum Gasteiger partial charge on any atom is -0.373 e. The highest BCUT2D eigenvalue weighted by Crippen LogP contribution is 2.56. The van der Waals surface area contributed by atoms with Crippen LogP contribution in [0.3, 0.4) is 0 Å². The second-order valence-corrected chi connectivity index (χ2v) is 7.09. The molecule has 3 heterocycles. The number of piperidine rings is 1. The molecule has 4 rings (SSSR count). The molecule has 2 saturated heterocycles. The lowest BCUT2D eigenvalue weighted by Crippen LogP contribution is -2.54. The fourth-order valence-electron chi connectivity index (χ4n) is 4.07. The minimum atomic E-state index is -0.745. The number of amides is 3. The first-order chi connectivity index (χ1) is 12.0. The Bertz CT molecular complexity index is 752. The molecule has 1 saturated carbocycles. The summed E-state index contributed by atoms with van der Waals surface area (Å²) in [6.45, 7) is 1.79. The average molecular weight is 344 g/mol. The largest absolute Gasteiger partial charge is 0.373 e. The van der Waals surface area contributed by atoms with Gasteiger partial charge >= 0.3 is 11.8 Å². The third-order valence-corrected chi connectivity index (χ3v) is 5.43. The van der Waals surface area contributed by atoms with Crippen LogP contribution < -0.4 is 11.1 Å². The number of ether oxygens (including phenoxy) is 1. The van der Waals surface area contributed by atoms with Gasteiger partial charge in [0.15, 0.2) is 0 Å². The van der Waals surface area contributed by atoms with Gasteiger partial charge in [0.2, 0.25) is 5.91 Å². The Morgan fingerprint density at radius 1 is 1.36 bits per heavy atom. The van der Waals surface area contributed by atoms with E-state index >= 15 is 0 Å². The number of fused-ring (bicyclic) bond motifs is 2. The minimum absolute atomic E-state index is 0.168. The highest BCUT2D eigenvalue weighted by Gasteiger charge is 2.60. The van der Waals surface area contributed by atoms with Gasteiger partial charge in [0.1, 0.15) is 0 Å². The molecule has 1 unspecified atom stereocenters. The normalized spacial score (nSPS) is 30.0. The molecule has 1 aromatic rings. The molecular weight excluding hydrogens is 324 g/mol. The van der Waals surface area contributed by atoms with Gasteiger partial charge in [-0.2, -0.15) is 0 Å². The molecule has 25 heavy (non-hydrogen) atoms. The van der Waals surface area contributed by atoms with Gasteiger partial charge in [0, 0.05) is 12.7 Å². The number of hydrogen-bond acceptors (Lipinski definition) is 5. The van der Waals surface area contributed by atoms with E-state index in [1.807, 2.05) is 0 Å². The molecule has 3 N–H and O–H groups in total. The Morgan fingerprint density at radius 2 is 2.20 bits per heavy atom. The molecule has 1 aliphatic carbocycles. The Hall–Kier alpha value is -2.48. The molecule has 1 spiro atoms. The summed E-state index contributed by atoms with van der Waals surface area (Å²) in [7, 11) is 0. The number of rotatable bonds is 2. The lowest BCUT2D eigenvalue weighted by Gasteiger charge is -2.40. The lowest BCUT2D eigenvalue weighted by atomic mass is 9.88. The number of hydrogen-bond donors (Lipinski definition) is 2. The van der Waals surface area contributed by atoms with Crippen molar-refractivity contribution >= 4 is 23.4 Å². The van der Waals surface area contributed by atoms with Crippen LogP contribution >= 0.6 is 0 Å². The van der Waals surface area contributed by atoms with Gasteiger partial charge in [-0.25, -0.2) is 0 Å². The zero-order chi connectivity index (χ0) is 17.6. The molecule has 1 aromatic heterocycles. The van der Waals surface area contributed by atoms with E-state index < -0.39 is 17.7 Å². The summed E-state index contributed by atoms with van der Waals surface area (Å²) in [4.78, 5) is 41.4. The highest BCUT2D eigenvalue weighted by atomic mass is 16.5. The standard InChI is InChI=1S/C17H20N4O4/c18-14(22)10-4-12(7-19-6-10)20-15(23)16(24)21-3-1-2-17(9-21)13-5-11(13)8-25-17/h4,6-7,11,13H,1-3,5,8-9H2,(H2,18,22)(H,20,23)/t11-,13-,17?/m0/s1. The van der Waals surface area contributed by atoms with Crippen molar-refractivity contribution in [1.82, 2.24) is 9.88 Å². The summed E-state index contributed by atoms with van der Waals surface area (Å²) in [5.74, 6) is -0.818. The predicted molar refractivity (Wildman–Crippen MR) is 87.5 cm³/mol. The summed E-state index contributed by atoms with van der Waals surface area (Å²) >= 11 is 0. The molecule has 0 radical (unpaired) electrons. The van der Waals surface area contributed by atoms with E-state index in [1.54, 1.807) is 4.90 Å². The van der Waals surface area contributed by atoms with Gasteiger partial charge in [-0.05, 0) is 37.2 Å². The van der Waals surface area contributed by atoms with Crippen LogP contribution in [0.4, 0.5) is 5.69 Å². The number of carbonyl (C=O) groups is 3. The number of carbonyl (C=O) groups excluding carboxylic acids is 3. The first kappa shape index (κ1) is 16.0. The zero-order valence-electron chi connectivity index (χ0n) is 13.7. The fourth-order valence-corrected chi connectivity index (χ4v) is 4.07. The van der Waals surface area contributed by atoms with E-state index in [4.69, 9.17) is 10.5 Å². The molecule has 8 heteroatoms.